The molecular weight excluding hydrogens is 212 g/mol. The van der Waals surface area contributed by atoms with Crippen LogP contribution in [-0.4, -0.2) is 12.6 Å². The van der Waals surface area contributed by atoms with Gasteiger partial charge in [0, 0.05) is 0 Å². The van der Waals surface area contributed by atoms with Crippen LogP contribution in [0.15, 0.2) is 0 Å². The van der Waals surface area contributed by atoms with E-state index >= 15 is 0 Å². The van der Waals surface area contributed by atoms with Crippen molar-refractivity contribution in [1.82, 2.24) is 0 Å². The number of ether oxygens (including phenoxy) is 1. The van der Waals surface area contributed by atoms with Crippen LogP contribution in [0.4, 0.5) is 0 Å². The highest BCUT2D eigenvalue weighted by molar-refractivity contribution is 5.78. The summed E-state index contributed by atoms with van der Waals surface area (Å²) in [4.78, 5) is 11.4. The molecule has 1 aliphatic carbocycles. The van der Waals surface area contributed by atoms with Gasteiger partial charge >= 0.3 is 5.97 Å². The molecule has 0 aromatic rings. The molecule has 0 N–H and O–H groups in total. The van der Waals surface area contributed by atoms with Gasteiger partial charge in [-0.25, -0.2) is 0 Å². The summed E-state index contributed by atoms with van der Waals surface area (Å²) < 4.78 is 5.14. The van der Waals surface area contributed by atoms with Crippen molar-refractivity contribution in [2.45, 2.75) is 71.1 Å². The van der Waals surface area contributed by atoms with Crippen LogP contribution in [0.1, 0.15) is 71.1 Å². The SMILES string of the molecule is CCCCCOC(=O)[CH]CCC1CCCCC1. The average molecular weight is 239 g/mol. The summed E-state index contributed by atoms with van der Waals surface area (Å²) in [6, 6.07) is 0. The van der Waals surface area contributed by atoms with E-state index < -0.39 is 0 Å². The van der Waals surface area contributed by atoms with Gasteiger partial charge in [-0.3, -0.25) is 4.79 Å². The second kappa shape index (κ2) is 9.49. The predicted octanol–water partition coefficient (Wildman–Crippen LogP) is 4.28. The fraction of sp³-hybridized carbons (Fsp3) is 0.867. The summed E-state index contributed by atoms with van der Waals surface area (Å²) in [5, 5.41) is 0. The fourth-order valence-corrected chi connectivity index (χ4v) is 2.50. The number of carbonyl (C=O) groups is 1. The van der Waals surface area contributed by atoms with Crippen molar-refractivity contribution < 1.29 is 9.53 Å². The van der Waals surface area contributed by atoms with E-state index in [1.54, 1.807) is 6.42 Å². The topological polar surface area (TPSA) is 26.3 Å². The molecule has 0 aromatic heterocycles. The van der Waals surface area contributed by atoms with E-state index in [0.29, 0.717) is 6.61 Å². The second-order valence-corrected chi connectivity index (χ2v) is 5.16. The van der Waals surface area contributed by atoms with Crippen LogP contribution < -0.4 is 0 Å². The third kappa shape index (κ3) is 7.40. The predicted molar refractivity (Wildman–Crippen MR) is 70.6 cm³/mol. The van der Waals surface area contributed by atoms with Gasteiger partial charge in [-0.2, -0.15) is 0 Å². The van der Waals surface area contributed by atoms with E-state index in [2.05, 4.69) is 6.92 Å². The molecule has 0 saturated heterocycles. The molecule has 1 saturated carbocycles. The van der Waals surface area contributed by atoms with E-state index in [0.717, 1.165) is 25.2 Å². The van der Waals surface area contributed by atoms with Crippen LogP contribution in [0, 0.1) is 12.3 Å². The smallest absolute Gasteiger partial charge is 0.309 e. The monoisotopic (exact) mass is 239 g/mol. The summed E-state index contributed by atoms with van der Waals surface area (Å²) in [5.74, 6) is 0.741. The van der Waals surface area contributed by atoms with Gasteiger partial charge in [-0.1, -0.05) is 51.9 Å². The van der Waals surface area contributed by atoms with Gasteiger partial charge in [0.1, 0.15) is 0 Å². The Morgan fingerprint density at radius 2 is 2.00 bits per heavy atom. The van der Waals surface area contributed by atoms with Crippen molar-refractivity contribution in [3.05, 3.63) is 6.42 Å². The molecule has 1 fully saturated rings. The fourth-order valence-electron chi connectivity index (χ4n) is 2.50. The van der Waals surface area contributed by atoms with Crippen molar-refractivity contribution in [2.75, 3.05) is 6.61 Å². The van der Waals surface area contributed by atoms with Crippen LogP contribution in [0.2, 0.25) is 0 Å². The minimum Gasteiger partial charge on any atom is -0.465 e. The molecule has 1 rings (SSSR count). The molecule has 0 aromatic carbocycles. The van der Waals surface area contributed by atoms with Gasteiger partial charge in [-0.05, 0) is 25.2 Å². The number of hydrogen-bond acceptors (Lipinski definition) is 2. The highest BCUT2D eigenvalue weighted by Gasteiger charge is 2.13. The van der Waals surface area contributed by atoms with Gasteiger partial charge in [-0.15, -0.1) is 0 Å². The summed E-state index contributed by atoms with van der Waals surface area (Å²) in [6.45, 7) is 2.74. The van der Waals surface area contributed by atoms with Crippen molar-refractivity contribution in [3.63, 3.8) is 0 Å². The number of rotatable bonds is 8. The maximum absolute atomic E-state index is 11.4. The van der Waals surface area contributed by atoms with Crippen LogP contribution in [0.3, 0.4) is 0 Å². The number of hydrogen-bond donors (Lipinski definition) is 0. The van der Waals surface area contributed by atoms with E-state index in [1.807, 2.05) is 0 Å². The van der Waals surface area contributed by atoms with Crippen LogP contribution in [-0.2, 0) is 9.53 Å². The van der Waals surface area contributed by atoms with Gasteiger partial charge in [0.25, 0.3) is 0 Å². The lowest BCUT2D eigenvalue weighted by atomic mass is 9.86. The molecule has 0 bridgehead atoms. The quantitative estimate of drug-likeness (QED) is 0.466. The normalized spacial score (nSPS) is 17.0. The number of unbranched alkanes of at least 4 members (excludes halogenated alkanes) is 2. The first kappa shape index (κ1) is 14.5. The summed E-state index contributed by atoms with van der Waals surface area (Å²) in [7, 11) is 0. The first-order chi connectivity index (χ1) is 8.33. The molecule has 0 unspecified atom stereocenters. The highest BCUT2D eigenvalue weighted by Crippen LogP contribution is 2.27. The van der Waals surface area contributed by atoms with Crippen LogP contribution in [0.25, 0.3) is 0 Å². The van der Waals surface area contributed by atoms with E-state index in [9.17, 15) is 4.79 Å². The number of esters is 1. The number of carbonyl (C=O) groups excluding carboxylic acids is 1. The molecule has 0 spiro atoms. The zero-order chi connectivity index (χ0) is 12.3. The lowest BCUT2D eigenvalue weighted by molar-refractivity contribution is -0.139. The summed E-state index contributed by atoms with van der Waals surface area (Å²) in [5.41, 5.74) is 0. The Balaban J connectivity index is 1.92. The van der Waals surface area contributed by atoms with Crippen molar-refractivity contribution >= 4 is 5.97 Å². The molecule has 2 heteroatoms. The zero-order valence-electron chi connectivity index (χ0n) is 11.2. The largest absolute Gasteiger partial charge is 0.465 e. The minimum atomic E-state index is -0.114. The van der Waals surface area contributed by atoms with Gasteiger partial charge in [0.2, 0.25) is 0 Å². The highest BCUT2D eigenvalue weighted by atomic mass is 16.5. The maximum Gasteiger partial charge on any atom is 0.309 e. The Hall–Kier alpha value is -0.530. The molecule has 17 heavy (non-hydrogen) atoms. The Bertz CT molecular complexity index is 195. The molecule has 0 atom stereocenters. The van der Waals surface area contributed by atoms with Gasteiger partial charge < -0.3 is 4.74 Å². The first-order valence-corrected chi connectivity index (χ1v) is 7.33. The third-order valence-corrected chi connectivity index (χ3v) is 3.60. The Kier molecular flexibility index (Phi) is 8.12. The Labute approximate surface area is 106 Å². The Morgan fingerprint density at radius 1 is 1.24 bits per heavy atom. The van der Waals surface area contributed by atoms with Gasteiger partial charge in [0.15, 0.2) is 0 Å². The molecular formula is C15H27O2. The zero-order valence-corrected chi connectivity index (χ0v) is 11.2. The molecule has 99 valence electrons. The van der Waals surface area contributed by atoms with Crippen molar-refractivity contribution in [1.29, 1.82) is 0 Å². The van der Waals surface area contributed by atoms with Crippen molar-refractivity contribution in [3.8, 4) is 0 Å². The average Bonchev–Trinajstić information content (AvgIpc) is 2.36. The van der Waals surface area contributed by atoms with E-state index in [-0.39, 0.29) is 5.97 Å². The second-order valence-electron chi connectivity index (χ2n) is 5.16. The summed E-state index contributed by atoms with van der Waals surface area (Å²) in [6.07, 6.45) is 14.0. The minimum absolute atomic E-state index is 0.114. The Morgan fingerprint density at radius 3 is 2.71 bits per heavy atom. The third-order valence-electron chi connectivity index (χ3n) is 3.60. The van der Waals surface area contributed by atoms with E-state index in [1.165, 1.54) is 44.9 Å². The first-order valence-electron chi connectivity index (χ1n) is 7.33. The lowest BCUT2D eigenvalue weighted by Crippen LogP contribution is -2.09. The van der Waals surface area contributed by atoms with Crippen molar-refractivity contribution in [2.24, 2.45) is 5.92 Å². The van der Waals surface area contributed by atoms with E-state index in [4.69, 9.17) is 4.74 Å². The lowest BCUT2D eigenvalue weighted by Gasteiger charge is -2.20. The van der Waals surface area contributed by atoms with Crippen LogP contribution in [0.5, 0.6) is 0 Å². The van der Waals surface area contributed by atoms with Crippen LogP contribution >= 0.6 is 0 Å². The molecule has 0 heterocycles. The maximum atomic E-state index is 11.4. The molecule has 1 radical (unpaired) electrons. The van der Waals surface area contributed by atoms with Gasteiger partial charge in [0.05, 0.1) is 13.0 Å². The molecule has 0 aliphatic heterocycles. The molecule has 1 aliphatic rings. The molecule has 0 amide bonds. The standard InChI is InChI=1S/C15H27O2/c1-2-3-7-13-17-15(16)12-8-11-14-9-5-4-6-10-14/h12,14H,2-11,13H2,1H3. The molecule has 2 nitrogen and oxygen atoms in total. The summed E-state index contributed by atoms with van der Waals surface area (Å²) >= 11 is 0.